The largest absolute Gasteiger partial charge is 0.481 e. The molecule has 74 valence electrons. The average molecular weight is 220 g/mol. The molecule has 0 aromatic rings. The highest BCUT2D eigenvalue weighted by Gasteiger charge is 2.03. The van der Waals surface area contributed by atoms with E-state index in [1.54, 1.807) is 6.92 Å². The van der Waals surface area contributed by atoms with Gasteiger partial charge in [-0.05, 0) is 12.5 Å². The van der Waals surface area contributed by atoms with Crippen molar-refractivity contribution in [3.8, 4) is 0 Å². The fourth-order valence-electron chi connectivity index (χ4n) is 0.476. The van der Waals surface area contributed by atoms with Gasteiger partial charge in [-0.2, -0.15) is 0 Å². The van der Waals surface area contributed by atoms with Gasteiger partial charge in [0.2, 0.25) is 5.12 Å². The van der Waals surface area contributed by atoms with E-state index < -0.39 is 5.97 Å². The van der Waals surface area contributed by atoms with Crippen molar-refractivity contribution in [2.75, 3.05) is 17.3 Å². The molecule has 0 aromatic carbocycles. The third kappa shape index (κ3) is 7.93. The first-order chi connectivity index (χ1) is 6.04. The molecule has 0 atom stereocenters. The topological polar surface area (TPSA) is 54.4 Å². The number of carboxylic acids is 1. The molecule has 0 aliphatic heterocycles. The van der Waals surface area contributed by atoms with Crippen LogP contribution in [0.4, 0.5) is 0 Å². The molecule has 0 spiro atoms. The van der Waals surface area contributed by atoms with Gasteiger partial charge in [-0.3, -0.25) is 9.59 Å². The van der Waals surface area contributed by atoms with E-state index in [2.05, 4.69) is 6.58 Å². The lowest BCUT2D eigenvalue weighted by molar-refractivity contribution is -0.133. The van der Waals surface area contributed by atoms with Crippen molar-refractivity contribution in [2.45, 2.75) is 6.92 Å². The molecule has 0 aliphatic rings. The predicted molar refractivity (Wildman–Crippen MR) is 57.2 cm³/mol. The Kier molecular flexibility index (Phi) is 6.80. The number of hydrogen-bond acceptors (Lipinski definition) is 4. The highest BCUT2D eigenvalue weighted by atomic mass is 32.2. The van der Waals surface area contributed by atoms with Gasteiger partial charge in [-0.1, -0.05) is 18.3 Å². The summed E-state index contributed by atoms with van der Waals surface area (Å²) in [5, 5.41) is 8.28. The van der Waals surface area contributed by atoms with Gasteiger partial charge in [-0.25, -0.2) is 0 Å². The molecular weight excluding hydrogens is 208 g/mol. The van der Waals surface area contributed by atoms with Crippen LogP contribution in [-0.2, 0) is 9.59 Å². The van der Waals surface area contributed by atoms with Crippen molar-refractivity contribution in [2.24, 2.45) is 0 Å². The summed E-state index contributed by atoms with van der Waals surface area (Å²) in [5.74, 6) is 0.600. The Bertz CT molecular complexity index is 213. The third-order valence-electron chi connectivity index (χ3n) is 1.03. The summed E-state index contributed by atoms with van der Waals surface area (Å²) < 4.78 is 0. The molecular formula is C8H12O3S2. The van der Waals surface area contributed by atoms with E-state index in [9.17, 15) is 9.59 Å². The fourth-order valence-corrected chi connectivity index (χ4v) is 2.03. The van der Waals surface area contributed by atoms with E-state index in [1.165, 1.54) is 23.5 Å². The number of rotatable bonds is 6. The minimum absolute atomic E-state index is 0.0177. The lowest BCUT2D eigenvalue weighted by Gasteiger charge is -1.98. The molecule has 0 amide bonds. The Balaban J connectivity index is 3.31. The quantitative estimate of drug-likeness (QED) is 0.545. The Morgan fingerprint density at radius 3 is 2.46 bits per heavy atom. The molecule has 0 aromatic heterocycles. The second-order valence-corrected chi connectivity index (χ2v) is 4.54. The van der Waals surface area contributed by atoms with Gasteiger partial charge < -0.3 is 5.11 Å². The van der Waals surface area contributed by atoms with Crippen LogP contribution < -0.4 is 0 Å². The zero-order valence-corrected chi connectivity index (χ0v) is 9.04. The van der Waals surface area contributed by atoms with E-state index >= 15 is 0 Å². The lowest BCUT2D eigenvalue weighted by atomic mass is 10.4. The second-order valence-electron chi connectivity index (χ2n) is 2.36. The van der Waals surface area contributed by atoms with Crippen molar-refractivity contribution < 1.29 is 14.7 Å². The normalized spacial score (nSPS) is 9.62. The Morgan fingerprint density at radius 1 is 1.38 bits per heavy atom. The molecule has 0 saturated heterocycles. The number of carbonyl (C=O) groups excluding carboxylic acids is 1. The number of hydrogen-bond donors (Lipinski definition) is 1. The Labute approximate surface area is 86.0 Å². The van der Waals surface area contributed by atoms with E-state index in [0.29, 0.717) is 17.1 Å². The van der Waals surface area contributed by atoms with Gasteiger partial charge in [0.15, 0.2) is 0 Å². The molecule has 5 heteroatoms. The Morgan fingerprint density at radius 2 is 2.00 bits per heavy atom. The SMILES string of the molecule is C=C(C)C(=O)SCCSCC(=O)O. The van der Waals surface area contributed by atoms with Crippen LogP contribution in [0.15, 0.2) is 12.2 Å². The monoisotopic (exact) mass is 220 g/mol. The van der Waals surface area contributed by atoms with Crippen molar-refractivity contribution in [1.29, 1.82) is 0 Å². The molecule has 0 bridgehead atoms. The zero-order valence-electron chi connectivity index (χ0n) is 7.41. The van der Waals surface area contributed by atoms with Gasteiger partial charge in [-0.15, -0.1) is 11.8 Å². The summed E-state index contributed by atoms with van der Waals surface area (Å²) in [6, 6.07) is 0. The molecule has 0 rings (SSSR count). The van der Waals surface area contributed by atoms with Crippen LogP contribution in [0, 0.1) is 0 Å². The maximum atomic E-state index is 11.0. The molecule has 1 N–H and O–H groups in total. The molecule has 0 aliphatic carbocycles. The second kappa shape index (κ2) is 7.03. The third-order valence-corrected chi connectivity index (χ3v) is 3.26. The van der Waals surface area contributed by atoms with E-state index in [4.69, 9.17) is 5.11 Å². The van der Waals surface area contributed by atoms with Crippen LogP contribution in [0.2, 0.25) is 0 Å². The van der Waals surface area contributed by atoms with Crippen LogP contribution in [0.25, 0.3) is 0 Å². The van der Waals surface area contributed by atoms with Gasteiger partial charge in [0.1, 0.15) is 0 Å². The first-order valence-electron chi connectivity index (χ1n) is 3.66. The summed E-state index contributed by atoms with van der Waals surface area (Å²) in [4.78, 5) is 21.1. The van der Waals surface area contributed by atoms with E-state index in [1.807, 2.05) is 0 Å². The van der Waals surface area contributed by atoms with Crippen LogP contribution >= 0.6 is 23.5 Å². The minimum Gasteiger partial charge on any atom is -0.481 e. The van der Waals surface area contributed by atoms with Crippen molar-refractivity contribution >= 4 is 34.6 Å². The average Bonchev–Trinajstić information content (AvgIpc) is 2.02. The minimum atomic E-state index is -0.818. The Hall–Kier alpha value is -0.420. The summed E-state index contributed by atoms with van der Waals surface area (Å²) in [7, 11) is 0. The number of carboxylic acid groups (broad SMARTS) is 1. The van der Waals surface area contributed by atoms with Crippen LogP contribution in [-0.4, -0.2) is 33.4 Å². The molecule has 3 nitrogen and oxygen atoms in total. The van der Waals surface area contributed by atoms with Crippen molar-refractivity contribution in [3.05, 3.63) is 12.2 Å². The molecule has 0 unspecified atom stereocenters. The lowest BCUT2D eigenvalue weighted by Crippen LogP contribution is -2.01. The maximum absolute atomic E-state index is 11.0. The van der Waals surface area contributed by atoms with Crippen LogP contribution in [0.1, 0.15) is 6.92 Å². The number of thioether (sulfide) groups is 2. The summed E-state index contributed by atoms with van der Waals surface area (Å²) >= 11 is 2.50. The molecule has 0 fully saturated rings. The molecule has 13 heavy (non-hydrogen) atoms. The van der Waals surface area contributed by atoms with Gasteiger partial charge in [0.05, 0.1) is 5.75 Å². The van der Waals surface area contributed by atoms with Crippen molar-refractivity contribution in [3.63, 3.8) is 0 Å². The highest BCUT2D eigenvalue weighted by Crippen LogP contribution is 2.11. The van der Waals surface area contributed by atoms with Crippen molar-refractivity contribution in [1.82, 2.24) is 0 Å². The zero-order chi connectivity index (χ0) is 10.3. The van der Waals surface area contributed by atoms with Crippen LogP contribution in [0.3, 0.4) is 0 Å². The highest BCUT2D eigenvalue weighted by molar-refractivity contribution is 8.14. The molecule has 0 radical (unpaired) electrons. The number of aliphatic carboxylic acids is 1. The first kappa shape index (κ1) is 12.6. The van der Waals surface area contributed by atoms with E-state index in [0.717, 1.165) is 0 Å². The van der Waals surface area contributed by atoms with Gasteiger partial charge >= 0.3 is 5.97 Å². The number of carbonyl (C=O) groups is 2. The molecule has 0 saturated carbocycles. The first-order valence-corrected chi connectivity index (χ1v) is 5.80. The fraction of sp³-hybridized carbons (Fsp3) is 0.500. The summed E-state index contributed by atoms with van der Waals surface area (Å²) in [6.45, 7) is 5.18. The van der Waals surface area contributed by atoms with Gasteiger partial charge in [0.25, 0.3) is 0 Å². The maximum Gasteiger partial charge on any atom is 0.313 e. The predicted octanol–water partition coefficient (Wildman–Crippen LogP) is 1.64. The summed E-state index contributed by atoms with van der Waals surface area (Å²) in [6.07, 6.45) is 0. The van der Waals surface area contributed by atoms with Crippen LogP contribution in [0.5, 0.6) is 0 Å². The standard InChI is InChI=1S/C8H12O3S2/c1-6(2)8(11)13-4-3-12-5-7(9)10/h1,3-5H2,2H3,(H,9,10). The molecule has 0 heterocycles. The van der Waals surface area contributed by atoms with E-state index in [-0.39, 0.29) is 10.9 Å². The summed E-state index contributed by atoms with van der Waals surface area (Å²) in [5.41, 5.74) is 0.535. The smallest absolute Gasteiger partial charge is 0.313 e. The van der Waals surface area contributed by atoms with Gasteiger partial charge in [0, 0.05) is 11.5 Å².